The van der Waals surface area contributed by atoms with E-state index >= 15 is 0 Å². The Balaban J connectivity index is 1.52. The van der Waals surface area contributed by atoms with Crippen molar-refractivity contribution in [3.05, 3.63) is 17.5 Å². The summed E-state index contributed by atoms with van der Waals surface area (Å²) in [7, 11) is -3.22. The van der Waals surface area contributed by atoms with Crippen molar-refractivity contribution in [3.8, 4) is 0 Å². The fourth-order valence-electron chi connectivity index (χ4n) is 3.45. The second-order valence-corrected chi connectivity index (χ2v) is 9.08. The van der Waals surface area contributed by atoms with Crippen LogP contribution < -0.4 is 5.32 Å². The molecule has 0 radical (unpaired) electrons. The normalized spacial score (nSPS) is 21.4. The molecule has 8 nitrogen and oxygen atoms in total. The molecule has 2 aliphatic rings. The van der Waals surface area contributed by atoms with Gasteiger partial charge in [0.1, 0.15) is 11.5 Å². The molecule has 0 saturated carbocycles. The second-order valence-electron chi connectivity index (χ2n) is 6.87. The third kappa shape index (κ3) is 3.98. The number of piperidine rings is 1. The van der Waals surface area contributed by atoms with Crippen molar-refractivity contribution in [2.75, 3.05) is 26.2 Å². The van der Waals surface area contributed by atoms with Gasteiger partial charge in [-0.1, -0.05) is 5.16 Å². The summed E-state index contributed by atoms with van der Waals surface area (Å²) in [4.78, 5) is 14.1. The van der Waals surface area contributed by atoms with Crippen molar-refractivity contribution in [3.63, 3.8) is 0 Å². The molecule has 0 aromatic carbocycles. The quantitative estimate of drug-likeness (QED) is 0.869. The molecule has 0 bridgehead atoms. The maximum Gasteiger partial charge on any atom is 0.317 e. The summed E-state index contributed by atoms with van der Waals surface area (Å²) in [5, 5.41) is 6.43. The summed E-state index contributed by atoms with van der Waals surface area (Å²) in [6.07, 6.45) is 2.87. The van der Waals surface area contributed by atoms with Gasteiger partial charge >= 0.3 is 6.03 Å². The van der Waals surface area contributed by atoms with E-state index in [9.17, 15) is 13.2 Å². The minimum absolute atomic E-state index is 0.190. The van der Waals surface area contributed by atoms with Gasteiger partial charge in [0.15, 0.2) is 0 Å². The maximum atomic E-state index is 12.6. The number of aryl methyl sites for hydroxylation is 1. The number of hydrogen-bond donors (Lipinski definition) is 1. The highest BCUT2D eigenvalue weighted by molar-refractivity contribution is 7.89. The molecule has 2 fully saturated rings. The van der Waals surface area contributed by atoms with Crippen LogP contribution in [0, 0.1) is 6.92 Å². The Hall–Kier alpha value is -1.61. The Morgan fingerprint density at radius 3 is 2.48 bits per heavy atom. The number of rotatable bonds is 4. The van der Waals surface area contributed by atoms with Gasteiger partial charge in [-0.25, -0.2) is 17.5 Å². The first-order chi connectivity index (χ1) is 11.9. The molecule has 0 spiro atoms. The van der Waals surface area contributed by atoms with E-state index in [0.717, 1.165) is 12.8 Å². The third-order valence-corrected chi connectivity index (χ3v) is 7.40. The largest absolute Gasteiger partial charge is 0.361 e. The monoisotopic (exact) mass is 370 g/mol. The van der Waals surface area contributed by atoms with E-state index in [2.05, 4.69) is 10.5 Å². The van der Waals surface area contributed by atoms with Gasteiger partial charge in [0, 0.05) is 32.2 Å². The van der Waals surface area contributed by atoms with Gasteiger partial charge in [0.2, 0.25) is 10.0 Å². The number of nitrogens with zero attached hydrogens (tertiary/aromatic N) is 3. The van der Waals surface area contributed by atoms with E-state index in [1.54, 1.807) is 22.2 Å². The van der Waals surface area contributed by atoms with Gasteiger partial charge in [-0.3, -0.25) is 0 Å². The number of hydrogen-bond acceptors (Lipinski definition) is 5. The van der Waals surface area contributed by atoms with E-state index in [4.69, 9.17) is 4.52 Å². The zero-order chi connectivity index (χ0) is 18.0. The van der Waals surface area contributed by atoms with Crippen LogP contribution >= 0.6 is 0 Å². The molecule has 1 N–H and O–H groups in total. The van der Waals surface area contributed by atoms with Crippen molar-refractivity contribution in [2.24, 2.45) is 0 Å². The predicted octanol–water partition coefficient (Wildman–Crippen LogP) is 1.64. The number of aromatic nitrogens is 1. The van der Waals surface area contributed by atoms with E-state index < -0.39 is 10.0 Å². The van der Waals surface area contributed by atoms with Crippen molar-refractivity contribution < 1.29 is 17.7 Å². The molecular formula is C16H26N4O4S. The lowest BCUT2D eigenvalue weighted by molar-refractivity contribution is 0.182. The maximum absolute atomic E-state index is 12.6. The summed E-state index contributed by atoms with van der Waals surface area (Å²) in [6, 6.07) is 1.35. The molecule has 1 aromatic heterocycles. The molecule has 2 saturated heterocycles. The van der Waals surface area contributed by atoms with Crippen LogP contribution in [0.2, 0.25) is 0 Å². The van der Waals surface area contributed by atoms with Gasteiger partial charge in [0.25, 0.3) is 0 Å². The van der Waals surface area contributed by atoms with Crippen LogP contribution in [0.1, 0.15) is 50.1 Å². The molecule has 1 unspecified atom stereocenters. The number of likely N-dealkylation sites (tertiary alicyclic amines) is 1. The number of carbonyl (C=O) groups excluding carboxylic acids is 1. The molecule has 140 valence electrons. The third-order valence-electron chi connectivity index (χ3n) is 5.01. The Bertz CT molecular complexity index is 703. The van der Waals surface area contributed by atoms with Crippen molar-refractivity contribution >= 4 is 16.1 Å². The van der Waals surface area contributed by atoms with Crippen molar-refractivity contribution in [2.45, 2.75) is 50.8 Å². The molecule has 3 rings (SSSR count). The molecule has 3 heterocycles. The van der Waals surface area contributed by atoms with E-state index in [1.165, 1.54) is 0 Å². The van der Waals surface area contributed by atoms with Crippen LogP contribution in [0.5, 0.6) is 0 Å². The van der Waals surface area contributed by atoms with Crippen LogP contribution in [0.15, 0.2) is 10.6 Å². The molecular weight excluding hydrogens is 344 g/mol. The average molecular weight is 370 g/mol. The zero-order valence-corrected chi connectivity index (χ0v) is 15.6. The Morgan fingerprint density at radius 2 is 1.92 bits per heavy atom. The summed E-state index contributed by atoms with van der Waals surface area (Å²) < 4.78 is 31.9. The number of amides is 2. The van der Waals surface area contributed by atoms with Crippen LogP contribution in [0.25, 0.3) is 0 Å². The van der Waals surface area contributed by atoms with Crippen LogP contribution in [0.4, 0.5) is 4.79 Å². The molecule has 2 aliphatic heterocycles. The number of nitrogens with one attached hydrogen (secondary N) is 1. The highest BCUT2D eigenvalue weighted by Gasteiger charge is 2.36. The molecule has 0 aliphatic carbocycles. The van der Waals surface area contributed by atoms with Crippen molar-refractivity contribution in [1.82, 2.24) is 19.7 Å². The summed E-state index contributed by atoms with van der Waals surface area (Å²) in [5.74, 6) is 0.698. The second kappa shape index (κ2) is 7.33. The van der Waals surface area contributed by atoms with E-state index in [-0.39, 0.29) is 17.3 Å². The SMILES string of the molecule is Cc1cc(C(C)NC(=O)N2CCC(S(=O)(=O)N3CCCC3)CC2)no1. The topological polar surface area (TPSA) is 95.8 Å². The fourth-order valence-corrected chi connectivity index (χ4v) is 5.45. The number of urea groups is 1. The minimum atomic E-state index is -3.22. The zero-order valence-electron chi connectivity index (χ0n) is 14.8. The van der Waals surface area contributed by atoms with Crippen LogP contribution in [0.3, 0.4) is 0 Å². The molecule has 1 aromatic rings. The summed E-state index contributed by atoms with van der Waals surface area (Å²) in [5.41, 5.74) is 0.678. The van der Waals surface area contributed by atoms with Gasteiger partial charge < -0.3 is 14.7 Å². The van der Waals surface area contributed by atoms with Crippen LogP contribution in [-0.2, 0) is 10.0 Å². The predicted molar refractivity (Wildman–Crippen MR) is 92.5 cm³/mol. The van der Waals surface area contributed by atoms with Crippen molar-refractivity contribution in [1.29, 1.82) is 0 Å². The first kappa shape index (κ1) is 18.2. The molecule has 1 atom stereocenters. The van der Waals surface area contributed by atoms with Gasteiger partial charge in [-0.05, 0) is 39.5 Å². The number of sulfonamides is 1. The number of carbonyl (C=O) groups is 1. The standard InChI is InChI=1S/C16H26N4O4S/c1-12-11-15(18-24-12)13(2)17-16(21)19-9-5-14(6-10-19)25(22,23)20-7-3-4-8-20/h11,13-14H,3-10H2,1-2H3,(H,17,21). The molecule has 25 heavy (non-hydrogen) atoms. The first-order valence-electron chi connectivity index (χ1n) is 8.85. The highest BCUT2D eigenvalue weighted by atomic mass is 32.2. The smallest absolute Gasteiger partial charge is 0.317 e. The van der Waals surface area contributed by atoms with Gasteiger partial charge in [-0.15, -0.1) is 0 Å². The summed E-state index contributed by atoms with van der Waals surface area (Å²) >= 11 is 0. The highest BCUT2D eigenvalue weighted by Crippen LogP contribution is 2.24. The molecule has 2 amide bonds. The lowest BCUT2D eigenvalue weighted by Gasteiger charge is -2.34. The van der Waals surface area contributed by atoms with Crippen LogP contribution in [-0.4, -0.2) is 60.2 Å². The first-order valence-corrected chi connectivity index (χ1v) is 10.4. The van der Waals surface area contributed by atoms with Gasteiger partial charge in [0.05, 0.1) is 11.3 Å². The average Bonchev–Trinajstić information content (AvgIpc) is 3.26. The Labute approximate surface area is 148 Å². The fraction of sp³-hybridized carbons (Fsp3) is 0.750. The van der Waals surface area contributed by atoms with E-state index in [1.807, 2.05) is 6.92 Å². The Kier molecular flexibility index (Phi) is 5.33. The molecule has 9 heteroatoms. The minimum Gasteiger partial charge on any atom is -0.361 e. The lowest BCUT2D eigenvalue weighted by Crippen LogP contribution is -2.49. The van der Waals surface area contributed by atoms with Gasteiger partial charge in [-0.2, -0.15) is 0 Å². The van der Waals surface area contributed by atoms with E-state index in [0.29, 0.717) is 50.5 Å². The summed E-state index contributed by atoms with van der Waals surface area (Å²) in [6.45, 7) is 5.83. The lowest BCUT2D eigenvalue weighted by atomic mass is 10.1. The Morgan fingerprint density at radius 1 is 1.28 bits per heavy atom.